The smallest absolute Gasteiger partial charge is 0.225 e. The lowest BCUT2D eigenvalue weighted by molar-refractivity contribution is -0.122. The molecule has 2 aliphatic heterocycles. The van der Waals surface area contributed by atoms with E-state index >= 15 is 0 Å². The number of aromatic nitrogens is 1. The fourth-order valence-corrected chi connectivity index (χ4v) is 4.24. The number of aryl methyl sites for hydroxylation is 2. The molecule has 1 unspecified atom stereocenters. The van der Waals surface area contributed by atoms with Gasteiger partial charge in [0.15, 0.2) is 0 Å². The van der Waals surface area contributed by atoms with E-state index in [1.165, 1.54) is 0 Å². The van der Waals surface area contributed by atoms with Crippen molar-refractivity contribution in [3.8, 4) is 5.75 Å². The van der Waals surface area contributed by atoms with Crippen molar-refractivity contribution < 1.29 is 14.1 Å². The maximum absolute atomic E-state index is 12.8. The minimum Gasteiger partial charge on any atom is -0.487 e. The van der Waals surface area contributed by atoms with Crippen LogP contribution in [0.25, 0.3) is 0 Å². The Labute approximate surface area is 159 Å². The lowest BCUT2D eigenvalue weighted by Gasteiger charge is -2.46. The highest BCUT2D eigenvalue weighted by Gasteiger charge is 2.43. The van der Waals surface area contributed by atoms with Gasteiger partial charge in [0.1, 0.15) is 17.1 Å². The third kappa shape index (κ3) is 3.58. The number of carbonyl (C=O) groups is 1. The Hall–Kier alpha value is -2.34. The van der Waals surface area contributed by atoms with Crippen molar-refractivity contribution in [1.29, 1.82) is 0 Å². The molecule has 4 rings (SSSR count). The number of rotatable bonds is 3. The summed E-state index contributed by atoms with van der Waals surface area (Å²) in [6.45, 7) is 5.75. The van der Waals surface area contributed by atoms with Gasteiger partial charge in [-0.05, 0) is 39.8 Å². The molecule has 0 saturated carbocycles. The van der Waals surface area contributed by atoms with Crippen LogP contribution in [0.3, 0.4) is 0 Å². The molecule has 3 heterocycles. The molecule has 144 valence electrons. The molecule has 6 heteroatoms. The van der Waals surface area contributed by atoms with Crippen LogP contribution in [0.2, 0.25) is 0 Å². The van der Waals surface area contributed by atoms with Crippen LogP contribution in [0.15, 0.2) is 28.8 Å². The molecule has 1 fully saturated rings. The Morgan fingerprint density at radius 3 is 2.74 bits per heavy atom. The SMILES string of the molecule is Cc1noc(C)c1CC(=O)NC1CC2(CCN(C)CC2)Oc2ccccc21. The fraction of sp³-hybridized carbons (Fsp3) is 0.524. The quantitative estimate of drug-likeness (QED) is 0.901. The maximum Gasteiger partial charge on any atom is 0.225 e. The highest BCUT2D eigenvalue weighted by molar-refractivity contribution is 5.79. The van der Waals surface area contributed by atoms with Gasteiger partial charge in [0.05, 0.1) is 18.2 Å². The van der Waals surface area contributed by atoms with Crippen molar-refractivity contribution in [2.45, 2.75) is 51.2 Å². The first-order chi connectivity index (χ1) is 13.0. The van der Waals surface area contributed by atoms with E-state index in [1.54, 1.807) is 0 Å². The predicted octanol–water partition coefficient (Wildman–Crippen LogP) is 2.94. The third-order valence-corrected chi connectivity index (χ3v) is 5.95. The minimum atomic E-state index is -0.193. The summed E-state index contributed by atoms with van der Waals surface area (Å²) in [6, 6.07) is 8.03. The summed E-state index contributed by atoms with van der Waals surface area (Å²) in [6.07, 6.45) is 3.06. The number of amides is 1. The molecular formula is C21H27N3O3. The number of carbonyl (C=O) groups excluding carboxylic acids is 1. The molecule has 1 amide bonds. The third-order valence-electron chi connectivity index (χ3n) is 5.95. The van der Waals surface area contributed by atoms with Gasteiger partial charge in [-0.2, -0.15) is 0 Å². The Kier molecular flexibility index (Phi) is 4.68. The normalized spacial score (nSPS) is 21.5. The molecule has 1 aromatic carbocycles. The zero-order valence-corrected chi connectivity index (χ0v) is 16.2. The van der Waals surface area contributed by atoms with Crippen molar-refractivity contribution in [3.63, 3.8) is 0 Å². The van der Waals surface area contributed by atoms with Gasteiger partial charge >= 0.3 is 0 Å². The summed E-state index contributed by atoms with van der Waals surface area (Å²) >= 11 is 0. The van der Waals surface area contributed by atoms with Gasteiger partial charge in [-0.1, -0.05) is 23.4 Å². The van der Waals surface area contributed by atoms with Crippen molar-refractivity contribution in [1.82, 2.24) is 15.4 Å². The number of nitrogens with zero attached hydrogens (tertiary/aromatic N) is 2. The molecule has 0 aliphatic carbocycles. The molecular weight excluding hydrogens is 342 g/mol. The Morgan fingerprint density at radius 1 is 1.30 bits per heavy atom. The Morgan fingerprint density at radius 2 is 2.04 bits per heavy atom. The fourth-order valence-electron chi connectivity index (χ4n) is 4.24. The second-order valence-corrected chi connectivity index (χ2v) is 7.93. The molecule has 1 aromatic heterocycles. The van der Waals surface area contributed by atoms with Crippen molar-refractivity contribution in [3.05, 3.63) is 46.8 Å². The molecule has 1 saturated heterocycles. The first kappa shape index (κ1) is 18.0. The first-order valence-corrected chi connectivity index (χ1v) is 9.63. The van der Waals surface area contributed by atoms with Crippen LogP contribution in [-0.2, 0) is 11.2 Å². The average Bonchev–Trinajstić information content (AvgIpc) is 2.96. The van der Waals surface area contributed by atoms with Gasteiger partial charge in [-0.3, -0.25) is 4.79 Å². The first-order valence-electron chi connectivity index (χ1n) is 9.63. The van der Waals surface area contributed by atoms with Gasteiger partial charge in [-0.15, -0.1) is 0 Å². The number of benzene rings is 1. The molecule has 2 aromatic rings. The van der Waals surface area contributed by atoms with E-state index in [0.717, 1.165) is 54.9 Å². The number of hydrogen-bond acceptors (Lipinski definition) is 5. The minimum absolute atomic E-state index is 0.00539. The summed E-state index contributed by atoms with van der Waals surface area (Å²) in [5.41, 5.74) is 2.53. The molecule has 0 radical (unpaired) electrons. The lowest BCUT2D eigenvalue weighted by Crippen LogP contribution is -2.51. The van der Waals surface area contributed by atoms with Crippen LogP contribution in [0.4, 0.5) is 0 Å². The van der Waals surface area contributed by atoms with E-state index < -0.39 is 0 Å². The van der Waals surface area contributed by atoms with Crippen LogP contribution in [0, 0.1) is 13.8 Å². The van der Waals surface area contributed by atoms with E-state index in [4.69, 9.17) is 9.26 Å². The summed E-state index contributed by atoms with van der Waals surface area (Å²) in [7, 11) is 2.15. The van der Waals surface area contributed by atoms with Gasteiger partial charge in [-0.25, -0.2) is 0 Å². The molecule has 1 spiro atoms. The largest absolute Gasteiger partial charge is 0.487 e. The summed E-state index contributed by atoms with van der Waals surface area (Å²) in [5, 5.41) is 7.20. The van der Waals surface area contributed by atoms with Crippen LogP contribution >= 0.6 is 0 Å². The van der Waals surface area contributed by atoms with Gasteiger partial charge in [0.2, 0.25) is 5.91 Å². The highest BCUT2D eigenvalue weighted by atomic mass is 16.5. The number of nitrogens with one attached hydrogen (secondary N) is 1. The topological polar surface area (TPSA) is 67.6 Å². The van der Waals surface area contributed by atoms with E-state index in [-0.39, 0.29) is 24.0 Å². The molecule has 1 atom stereocenters. The second kappa shape index (κ2) is 7.00. The standard InChI is InChI=1S/C21H27N3O3/c1-14-17(15(2)27-23-14)12-20(25)22-18-13-21(8-10-24(3)11-9-21)26-19-7-5-4-6-16(18)19/h4-7,18H,8-13H2,1-3H3,(H,22,25). The summed E-state index contributed by atoms with van der Waals surface area (Å²) < 4.78 is 11.6. The molecule has 27 heavy (non-hydrogen) atoms. The summed E-state index contributed by atoms with van der Waals surface area (Å²) in [4.78, 5) is 15.1. The molecule has 0 bridgehead atoms. The predicted molar refractivity (Wildman–Crippen MR) is 102 cm³/mol. The highest BCUT2D eigenvalue weighted by Crippen LogP contribution is 2.44. The number of piperidine rings is 1. The van der Waals surface area contributed by atoms with Crippen LogP contribution < -0.4 is 10.1 Å². The van der Waals surface area contributed by atoms with Gasteiger partial charge < -0.3 is 19.5 Å². The number of likely N-dealkylation sites (tertiary alicyclic amines) is 1. The number of para-hydroxylation sites is 1. The number of fused-ring (bicyclic) bond motifs is 1. The van der Waals surface area contributed by atoms with E-state index in [2.05, 4.69) is 28.5 Å². The van der Waals surface area contributed by atoms with E-state index in [9.17, 15) is 4.79 Å². The van der Waals surface area contributed by atoms with Gasteiger partial charge in [0, 0.05) is 30.6 Å². The molecule has 2 aliphatic rings. The van der Waals surface area contributed by atoms with Gasteiger partial charge in [0.25, 0.3) is 0 Å². The van der Waals surface area contributed by atoms with E-state index in [1.807, 2.05) is 32.0 Å². The van der Waals surface area contributed by atoms with Crippen molar-refractivity contribution in [2.75, 3.05) is 20.1 Å². The lowest BCUT2D eigenvalue weighted by atomic mass is 9.80. The average molecular weight is 369 g/mol. The zero-order valence-electron chi connectivity index (χ0n) is 16.2. The van der Waals surface area contributed by atoms with Crippen LogP contribution in [-0.4, -0.2) is 41.7 Å². The number of ether oxygens (including phenoxy) is 1. The molecule has 1 N–H and O–H groups in total. The van der Waals surface area contributed by atoms with Crippen LogP contribution in [0.5, 0.6) is 5.75 Å². The van der Waals surface area contributed by atoms with Crippen molar-refractivity contribution >= 4 is 5.91 Å². The Balaban J connectivity index is 1.54. The molecule has 6 nitrogen and oxygen atoms in total. The number of hydrogen-bond donors (Lipinski definition) is 1. The maximum atomic E-state index is 12.8. The Bertz CT molecular complexity index is 817. The zero-order chi connectivity index (χ0) is 19.0. The monoisotopic (exact) mass is 369 g/mol. The van der Waals surface area contributed by atoms with Crippen LogP contribution in [0.1, 0.15) is 47.9 Å². The second-order valence-electron chi connectivity index (χ2n) is 7.93. The van der Waals surface area contributed by atoms with E-state index in [0.29, 0.717) is 5.76 Å². The summed E-state index contributed by atoms with van der Waals surface area (Å²) in [5.74, 6) is 1.60. The van der Waals surface area contributed by atoms with Crippen molar-refractivity contribution in [2.24, 2.45) is 0 Å².